The highest BCUT2D eigenvalue weighted by Gasteiger charge is 2.07. The van der Waals surface area contributed by atoms with Crippen LogP contribution in [0.2, 0.25) is 0 Å². The van der Waals surface area contributed by atoms with Crippen LogP contribution in [0.5, 0.6) is 0 Å². The molecule has 1 amide bonds. The average Bonchev–Trinajstić information content (AvgIpc) is 2.64. The summed E-state index contributed by atoms with van der Waals surface area (Å²) in [7, 11) is 0. The molecule has 26 heavy (non-hydrogen) atoms. The molecule has 0 bridgehead atoms. The van der Waals surface area contributed by atoms with Gasteiger partial charge in [0.1, 0.15) is 0 Å². The van der Waals surface area contributed by atoms with E-state index in [-0.39, 0.29) is 5.91 Å². The number of amides is 1. The van der Waals surface area contributed by atoms with Gasteiger partial charge in [0.05, 0.1) is 12.0 Å². The number of nitrogens with one attached hydrogen (secondary N) is 1. The summed E-state index contributed by atoms with van der Waals surface area (Å²) in [5.41, 5.74) is 5.91. The molecule has 0 atom stereocenters. The normalized spacial score (nSPS) is 11.2. The molecular formula is C21H19BrN2OS. The molecule has 3 nitrogen and oxygen atoms in total. The lowest BCUT2D eigenvalue weighted by Gasteiger charge is -2.08. The molecule has 0 unspecified atom stereocenters. The number of aryl methyl sites for hydroxylation is 2. The predicted octanol–water partition coefficient (Wildman–Crippen LogP) is 5.46. The van der Waals surface area contributed by atoms with Crippen molar-refractivity contribution in [2.75, 3.05) is 5.75 Å². The highest BCUT2D eigenvalue weighted by atomic mass is 79.9. The van der Waals surface area contributed by atoms with Crippen LogP contribution >= 0.6 is 27.7 Å². The van der Waals surface area contributed by atoms with E-state index in [0.29, 0.717) is 5.75 Å². The van der Waals surface area contributed by atoms with Gasteiger partial charge in [-0.2, -0.15) is 5.10 Å². The first-order valence-corrected chi connectivity index (χ1v) is 10.0. The highest BCUT2D eigenvalue weighted by molar-refractivity contribution is 9.10. The maximum Gasteiger partial charge on any atom is 0.250 e. The van der Waals surface area contributed by atoms with Gasteiger partial charge in [0.15, 0.2) is 0 Å². The number of fused-ring (bicyclic) bond motifs is 1. The van der Waals surface area contributed by atoms with Gasteiger partial charge < -0.3 is 0 Å². The topological polar surface area (TPSA) is 41.5 Å². The number of carbonyl (C=O) groups is 1. The van der Waals surface area contributed by atoms with Gasteiger partial charge in [-0.15, -0.1) is 11.8 Å². The quantitative estimate of drug-likeness (QED) is 0.334. The van der Waals surface area contributed by atoms with Crippen LogP contribution in [0.15, 0.2) is 69.1 Å². The minimum atomic E-state index is -0.119. The minimum absolute atomic E-state index is 0.119. The summed E-state index contributed by atoms with van der Waals surface area (Å²) >= 11 is 5.05. The third kappa shape index (κ3) is 4.54. The molecule has 0 aliphatic carbocycles. The Morgan fingerprint density at radius 3 is 2.73 bits per heavy atom. The van der Waals surface area contributed by atoms with Gasteiger partial charge in [0.2, 0.25) is 5.91 Å². The largest absolute Gasteiger partial charge is 0.272 e. The van der Waals surface area contributed by atoms with E-state index in [0.717, 1.165) is 36.8 Å². The molecule has 0 fully saturated rings. The van der Waals surface area contributed by atoms with Crippen LogP contribution in [0, 0.1) is 13.8 Å². The van der Waals surface area contributed by atoms with Crippen LogP contribution in [-0.2, 0) is 4.79 Å². The Hall–Kier alpha value is -2.11. The van der Waals surface area contributed by atoms with Gasteiger partial charge in [-0.1, -0.05) is 58.4 Å². The third-order valence-electron chi connectivity index (χ3n) is 4.03. The van der Waals surface area contributed by atoms with Gasteiger partial charge in [0.25, 0.3) is 0 Å². The fourth-order valence-corrected chi connectivity index (χ4v) is 3.98. The molecule has 0 aliphatic rings. The Morgan fingerprint density at radius 1 is 1.12 bits per heavy atom. The van der Waals surface area contributed by atoms with Gasteiger partial charge in [-0.3, -0.25) is 4.79 Å². The zero-order valence-electron chi connectivity index (χ0n) is 14.6. The molecule has 1 N–H and O–H groups in total. The van der Waals surface area contributed by atoms with E-state index in [2.05, 4.69) is 50.7 Å². The fraction of sp³-hybridized carbons (Fsp3) is 0.143. The van der Waals surface area contributed by atoms with E-state index in [1.165, 1.54) is 11.8 Å². The van der Waals surface area contributed by atoms with Crippen LogP contribution in [0.1, 0.15) is 16.7 Å². The fourth-order valence-electron chi connectivity index (χ4n) is 2.62. The molecular weight excluding hydrogens is 408 g/mol. The second-order valence-electron chi connectivity index (χ2n) is 6.02. The van der Waals surface area contributed by atoms with Crippen LogP contribution in [0.25, 0.3) is 10.8 Å². The maximum atomic E-state index is 12.1. The Kier molecular flexibility index (Phi) is 6.12. The smallest absolute Gasteiger partial charge is 0.250 e. The number of hydrogen-bond acceptors (Lipinski definition) is 3. The third-order valence-corrected chi connectivity index (χ3v) is 6.04. The summed E-state index contributed by atoms with van der Waals surface area (Å²) in [6.45, 7) is 4.09. The molecule has 3 rings (SSSR count). The van der Waals surface area contributed by atoms with Crippen molar-refractivity contribution in [2.45, 2.75) is 18.7 Å². The van der Waals surface area contributed by atoms with Gasteiger partial charge in [0, 0.05) is 14.9 Å². The molecule has 3 aromatic carbocycles. The van der Waals surface area contributed by atoms with Crippen LogP contribution in [-0.4, -0.2) is 17.9 Å². The van der Waals surface area contributed by atoms with Crippen LogP contribution < -0.4 is 5.43 Å². The second kappa shape index (κ2) is 8.52. The summed E-state index contributed by atoms with van der Waals surface area (Å²) in [5.74, 6) is 0.209. The van der Waals surface area contributed by atoms with Gasteiger partial charge >= 0.3 is 0 Å². The lowest BCUT2D eigenvalue weighted by molar-refractivity contribution is -0.118. The Balaban J connectivity index is 1.60. The van der Waals surface area contributed by atoms with E-state index in [9.17, 15) is 4.79 Å². The first-order chi connectivity index (χ1) is 12.5. The molecule has 3 aromatic rings. The molecule has 0 saturated carbocycles. The molecule has 0 spiro atoms. The predicted molar refractivity (Wildman–Crippen MR) is 114 cm³/mol. The zero-order chi connectivity index (χ0) is 18.5. The summed E-state index contributed by atoms with van der Waals surface area (Å²) in [5, 5.41) is 6.38. The molecule has 0 radical (unpaired) electrons. The molecule has 0 aromatic heterocycles. The molecule has 132 valence electrons. The van der Waals surface area contributed by atoms with Crippen molar-refractivity contribution in [3.05, 3.63) is 75.8 Å². The highest BCUT2D eigenvalue weighted by Crippen LogP contribution is 2.28. The van der Waals surface area contributed by atoms with Crippen LogP contribution in [0.4, 0.5) is 0 Å². The number of halogens is 1. The Bertz CT molecular complexity index is 980. The van der Waals surface area contributed by atoms with E-state index in [1.54, 1.807) is 6.21 Å². The SMILES string of the molecule is Cc1cc(SCC(=O)N/N=C\c2cccc3ccccc23)c(C)cc1Br. The van der Waals surface area contributed by atoms with E-state index < -0.39 is 0 Å². The van der Waals surface area contributed by atoms with Crippen molar-refractivity contribution in [1.29, 1.82) is 0 Å². The summed E-state index contributed by atoms with van der Waals surface area (Å²) < 4.78 is 1.09. The number of benzene rings is 3. The van der Waals surface area contributed by atoms with Crippen molar-refractivity contribution in [3.8, 4) is 0 Å². The molecule has 0 aliphatic heterocycles. The van der Waals surface area contributed by atoms with Crippen molar-refractivity contribution in [3.63, 3.8) is 0 Å². The summed E-state index contributed by atoms with van der Waals surface area (Å²) in [6, 6.07) is 18.3. The summed E-state index contributed by atoms with van der Waals surface area (Å²) in [6.07, 6.45) is 1.69. The van der Waals surface area contributed by atoms with Crippen molar-refractivity contribution >= 4 is 50.6 Å². The van der Waals surface area contributed by atoms with Gasteiger partial charge in [-0.25, -0.2) is 5.43 Å². The van der Waals surface area contributed by atoms with Crippen LogP contribution in [0.3, 0.4) is 0 Å². The van der Waals surface area contributed by atoms with E-state index in [4.69, 9.17) is 0 Å². The molecule has 0 saturated heterocycles. The Morgan fingerprint density at radius 2 is 1.88 bits per heavy atom. The summed E-state index contributed by atoms with van der Waals surface area (Å²) in [4.78, 5) is 13.2. The van der Waals surface area contributed by atoms with E-state index in [1.807, 2.05) is 44.2 Å². The zero-order valence-corrected chi connectivity index (χ0v) is 17.0. The van der Waals surface area contributed by atoms with Crippen molar-refractivity contribution < 1.29 is 4.79 Å². The van der Waals surface area contributed by atoms with Crippen molar-refractivity contribution in [2.24, 2.45) is 5.10 Å². The standard InChI is InChI=1S/C21H19BrN2OS/c1-14-11-20(15(2)10-19(14)22)26-13-21(25)24-23-12-17-8-5-7-16-6-3-4-9-18(16)17/h3-12H,13H2,1-2H3,(H,24,25)/b23-12-. The number of rotatable bonds is 5. The lowest BCUT2D eigenvalue weighted by atomic mass is 10.1. The lowest BCUT2D eigenvalue weighted by Crippen LogP contribution is -2.19. The minimum Gasteiger partial charge on any atom is -0.272 e. The molecule has 0 heterocycles. The number of carbonyl (C=O) groups excluding carboxylic acids is 1. The van der Waals surface area contributed by atoms with E-state index >= 15 is 0 Å². The Labute approximate surface area is 166 Å². The van der Waals surface area contributed by atoms with Gasteiger partial charge in [-0.05, 0) is 47.9 Å². The first kappa shape index (κ1) is 18.7. The average molecular weight is 427 g/mol. The number of hydrogen-bond donors (Lipinski definition) is 1. The molecule has 5 heteroatoms. The maximum absolute atomic E-state index is 12.1. The second-order valence-corrected chi connectivity index (χ2v) is 7.89. The first-order valence-electron chi connectivity index (χ1n) is 8.24. The monoisotopic (exact) mass is 426 g/mol. The number of thioether (sulfide) groups is 1. The van der Waals surface area contributed by atoms with Crippen molar-refractivity contribution in [1.82, 2.24) is 5.43 Å². The number of hydrazone groups is 1. The number of nitrogens with zero attached hydrogens (tertiary/aromatic N) is 1.